The molecule has 0 saturated carbocycles. The first kappa shape index (κ1) is 13.3. The lowest BCUT2D eigenvalue weighted by molar-refractivity contribution is -0.0184. The van der Waals surface area contributed by atoms with Crippen LogP contribution in [-0.4, -0.2) is 52.9 Å². The minimum atomic E-state index is -1.03. The number of rotatable bonds is 4. The maximum atomic E-state index is 9.76. The summed E-state index contributed by atoms with van der Waals surface area (Å²) >= 11 is 0. The molecule has 0 aromatic heterocycles. The Labute approximate surface area is 106 Å². The zero-order valence-electron chi connectivity index (χ0n) is 10.3. The second kappa shape index (κ2) is 5.67. The smallest absolute Gasteiger partial charge is 0.111 e. The topological polar surface area (TPSA) is 82.0 Å². The van der Waals surface area contributed by atoms with Crippen molar-refractivity contribution in [1.29, 1.82) is 0 Å². The normalized spacial score (nSPS) is 31.6. The van der Waals surface area contributed by atoms with Crippen molar-refractivity contribution in [2.75, 3.05) is 18.5 Å². The van der Waals surface area contributed by atoms with E-state index in [9.17, 15) is 10.2 Å². The van der Waals surface area contributed by atoms with E-state index in [-0.39, 0.29) is 6.61 Å². The summed E-state index contributed by atoms with van der Waals surface area (Å²) < 4.78 is 5.37. The highest BCUT2D eigenvalue weighted by Gasteiger charge is 2.41. The molecule has 4 atom stereocenters. The molecule has 0 radical (unpaired) electrons. The largest absolute Gasteiger partial charge is 0.394 e. The molecule has 4 unspecified atom stereocenters. The Bertz CT molecular complexity index is 381. The lowest BCUT2D eigenvalue weighted by atomic mass is 10.1. The molecule has 18 heavy (non-hydrogen) atoms. The highest BCUT2D eigenvalue weighted by Crippen LogP contribution is 2.21. The molecule has 0 spiro atoms. The van der Waals surface area contributed by atoms with Gasteiger partial charge in [0.2, 0.25) is 0 Å². The van der Waals surface area contributed by atoms with Gasteiger partial charge in [0.05, 0.1) is 6.61 Å². The zero-order chi connectivity index (χ0) is 13.1. The molecular formula is C13H19NO4. The molecular weight excluding hydrogens is 234 g/mol. The average Bonchev–Trinajstić information content (AvgIpc) is 2.65. The average molecular weight is 253 g/mol. The molecule has 1 aliphatic rings. The van der Waals surface area contributed by atoms with Crippen molar-refractivity contribution in [3.63, 3.8) is 0 Å². The summed E-state index contributed by atoms with van der Waals surface area (Å²) in [6.45, 7) is 2.10. The number of hydrogen-bond donors (Lipinski definition) is 4. The van der Waals surface area contributed by atoms with E-state index in [1.165, 1.54) is 5.56 Å². The number of benzene rings is 1. The van der Waals surface area contributed by atoms with Crippen molar-refractivity contribution in [2.45, 2.75) is 31.3 Å². The van der Waals surface area contributed by atoms with Crippen LogP contribution in [0.4, 0.5) is 5.69 Å². The van der Waals surface area contributed by atoms with Crippen LogP contribution in [0.5, 0.6) is 0 Å². The Morgan fingerprint density at radius 1 is 1.11 bits per heavy atom. The van der Waals surface area contributed by atoms with E-state index in [1.807, 2.05) is 31.2 Å². The Morgan fingerprint density at radius 2 is 1.72 bits per heavy atom. The van der Waals surface area contributed by atoms with Crippen LogP contribution < -0.4 is 5.32 Å². The second-order valence-electron chi connectivity index (χ2n) is 4.62. The van der Waals surface area contributed by atoms with Gasteiger partial charge in [-0.15, -0.1) is 0 Å². The summed E-state index contributed by atoms with van der Waals surface area (Å²) in [5.41, 5.74) is 2.10. The lowest BCUT2D eigenvalue weighted by Gasteiger charge is -2.16. The molecule has 5 nitrogen and oxygen atoms in total. The standard InChI is InChI=1S/C13H19NO4/c1-8-2-4-9(5-3-8)14-6-10-12(16)13(17)11(7-15)18-10/h2-5,10-17H,6-7H2,1H3. The SMILES string of the molecule is Cc1ccc(NCC2OC(CO)C(O)C2O)cc1. The van der Waals surface area contributed by atoms with Gasteiger partial charge in [0.15, 0.2) is 0 Å². The minimum Gasteiger partial charge on any atom is -0.394 e. The fourth-order valence-corrected chi connectivity index (χ4v) is 2.04. The predicted molar refractivity (Wildman–Crippen MR) is 67.4 cm³/mol. The molecule has 0 bridgehead atoms. The zero-order valence-corrected chi connectivity index (χ0v) is 10.3. The number of aryl methyl sites for hydroxylation is 1. The van der Waals surface area contributed by atoms with Crippen molar-refractivity contribution >= 4 is 5.69 Å². The van der Waals surface area contributed by atoms with Crippen molar-refractivity contribution in [1.82, 2.24) is 0 Å². The summed E-state index contributed by atoms with van der Waals surface area (Å²) in [5, 5.41) is 31.5. The van der Waals surface area contributed by atoms with Crippen LogP contribution in [0.15, 0.2) is 24.3 Å². The van der Waals surface area contributed by atoms with E-state index in [0.29, 0.717) is 6.54 Å². The lowest BCUT2D eigenvalue weighted by Crippen LogP contribution is -2.36. The summed E-state index contributed by atoms with van der Waals surface area (Å²) in [6.07, 6.45) is -3.22. The second-order valence-corrected chi connectivity index (χ2v) is 4.62. The monoisotopic (exact) mass is 253 g/mol. The van der Waals surface area contributed by atoms with Crippen LogP contribution in [0.2, 0.25) is 0 Å². The first-order chi connectivity index (χ1) is 8.61. The molecule has 1 heterocycles. The number of aliphatic hydroxyl groups excluding tert-OH is 3. The van der Waals surface area contributed by atoms with E-state index in [0.717, 1.165) is 5.69 Å². The van der Waals surface area contributed by atoms with Crippen molar-refractivity contribution in [3.05, 3.63) is 29.8 Å². The molecule has 100 valence electrons. The first-order valence-electron chi connectivity index (χ1n) is 6.05. The highest BCUT2D eigenvalue weighted by atomic mass is 16.6. The summed E-state index contributed by atoms with van der Waals surface area (Å²) in [7, 11) is 0. The van der Waals surface area contributed by atoms with Gasteiger partial charge < -0.3 is 25.4 Å². The first-order valence-corrected chi connectivity index (χ1v) is 6.05. The maximum Gasteiger partial charge on any atom is 0.111 e. The third-order valence-corrected chi connectivity index (χ3v) is 3.20. The van der Waals surface area contributed by atoms with Crippen LogP contribution in [0.25, 0.3) is 0 Å². The predicted octanol–water partition coefficient (Wildman–Crippen LogP) is -0.112. The Kier molecular flexibility index (Phi) is 4.19. The van der Waals surface area contributed by atoms with Gasteiger partial charge in [-0.3, -0.25) is 0 Å². The third kappa shape index (κ3) is 2.81. The van der Waals surface area contributed by atoms with Crippen molar-refractivity contribution in [2.24, 2.45) is 0 Å². The number of nitrogens with one attached hydrogen (secondary N) is 1. The minimum absolute atomic E-state index is 0.292. The van der Waals surface area contributed by atoms with Gasteiger partial charge in [-0.25, -0.2) is 0 Å². The van der Waals surface area contributed by atoms with Gasteiger partial charge in [-0.2, -0.15) is 0 Å². The van der Waals surface area contributed by atoms with E-state index in [4.69, 9.17) is 9.84 Å². The van der Waals surface area contributed by atoms with E-state index >= 15 is 0 Å². The summed E-state index contributed by atoms with van der Waals surface area (Å²) in [6, 6.07) is 7.85. The van der Waals surface area contributed by atoms with E-state index < -0.39 is 24.4 Å². The Balaban J connectivity index is 1.89. The fourth-order valence-electron chi connectivity index (χ4n) is 2.04. The van der Waals surface area contributed by atoms with Crippen LogP contribution in [-0.2, 0) is 4.74 Å². The van der Waals surface area contributed by atoms with Gasteiger partial charge in [-0.1, -0.05) is 17.7 Å². The van der Waals surface area contributed by atoms with Gasteiger partial charge in [0.25, 0.3) is 0 Å². The van der Waals surface area contributed by atoms with Crippen LogP contribution in [0, 0.1) is 6.92 Å². The molecule has 5 heteroatoms. The molecule has 0 amide bonds. The quantitative estimate of drug-likeness (QED) is 0.602. The number of anilines is 1. The van der Waals surface area contributed by atoms with E-state index in [2.05, 4.69) is 5.32 Å². The summed E-state index contributed by atoms with van der Waals surface area (Å²) in [4.78, 5) is 0. The molecule has 2 rings (SSSR count). The van der Waals surface area contributed by atoms with Crippen LogP contribution in [0.3, 0.4) is 0 Å². The van der Waals surface area contributed by atoms with Crippen LogP contribution in [0.1, 0.15) is 5.56 Å². The molecule has 1 aromatic rings. The van der Waals surface area contributed by atoms with Gasteiger partial charge in [0.1, 0.15) is 24.4 Å². The number of hydrogen-bond acceptors (Lipinski definition) is 5. The van der Waals surface area contributed by atoms with E-state index in [1.54, 1.807) is 0 Å². The van der Waals surface area contributed by atoms with Gasteiger partial charge >= 0.3 is 0 Å². The van der Waals surface area contributed by atoms with Gasteiger partial charge in [-0.05, 0) is 19.1 Å². The molecule has 4 N–H and O–H groups in total. The fraction of sp³-hybridized carbons (Fsp3) is 0.538. The maximum absolute atomic E-state index is 9.76. The van der Waals surface area contributed by atoms with Crippen LogP contribution >= 0.6 is 0 Å². The number of ether oxygens (including phenoxy) is 1. The van der Waals surface area contributed by atoms with Crippen molar-refractivity contribution in [3.8, 4) is 0 Å². The highest BCUT2D eigenvalue weighted by molar-refractivity contribution is 5.44. The van der Waals surface area contributed by atoms with Crippen molar-refractivity contribution < 1.29 is 20.1 Å². The summed E-state index contributed by atoms with van der Waals surface area (Å²) in [5.74, 6) is 0. The molecule has 1 aromatic carbocycles. The molecule has 1 aliphatic heterocycles. The Hall–Kier alpha value is -1.14. The van der Waals surface area contributed by atoms with Gasteiger partial charge in [0, 0.05) is 12.2 Å². The molecule has 0 aliphatic carbocycles. The molecule has 1 saturated heterocycles. The third-order valence-electron chi connectivity index (χ3n) is 3.20. The molecule has 1 fully saturated rings. The number of aliphatic hydroxyl groups is 3. The Morgan fingerprint density at radius 3 is 2.28 bits per heavy atom.